The van der Waals surface area contributed by atoms with E-state index in [9.17, 15) is 8.78 Å². The smallest absolute Gasteiger partial charge is 0.201 e. The minimum Gasteiger partial charge on any atom is -0.490 e. The molecule has 2 aromatic carbocycles. The Balaban J connectivity index is 1.49. The summed E-state index contributed by atoms with van der Waals surface area (Å²) in [5.41, 5.74) is 2.57. The van der Waals surface area contributed by atoms with E-state index in [-0.39, 0.29) is 17.2 Å². The molecule has 3 rings (SSSR count). The average molecular weight is 461 g/mol. The normalized spacial score (nSPS) is 18.4. The fraction of sp³-hybridized carbons (Fsp3) is 0.571. The van der Waals surface area contributed by atoms with E-state index in [0.717, 1.165) is 31.2 Å². The van der Waals surface area contributed by atoms with E-state index in [1.165, 1.54) is 49.8 Å². The van der Waals surface area contributed by atoms with Gasteiger partial charge in [-0.2, -0.15) is 4.39 Å². The molecule has 0 aromatic heterocycles. The Morgan fingerprint density at radius 2 is 1.45 bits per heavy atom. The Hall–Kier alpha value is -1.98. The Morgan fingerprint density at radius 3 is 2.15 bits per heavy atom. The van der Waals surface area contributed by atoms with Crippen molar-refractivity contribution in [3.8, 4) is 5.75 Å². The molecule has 0 saturated carbocycles. The molecule has 1 saturated heterocycles. The van der Waals surface area contributed by atoms with E-state index in [0.29, 0.717) is 19.8 Å². The monoisotopic (exact) mass is 460 g/mol. The second-order valence-electron chi connectivity index (χ2n) is 8.94. The van der Waals surface area contributed by atoms with Crippen molar-refractivity contribution in [2.75, 3.05) is 19.8 Å². The minimum absolute atomic E-state index is 0.0634. The summed E-state index contributed by atoms with van der Waals surface area (Å²) in [5.74, 6) is -1.93. The first kappa shape index (κ1) is 25.6. The molecule has 3 nitrogen and oxygen atoms in total. The second-order valence-corrected chi connectivity index (χ2v) is 8.94. The predicted octanol–water partition coefficient (Wildman–Crippen LogP) is 7.88. The van der Waals surface area contributed by atoms with Gasteiger partial charge in [-0.1, -0.05) is 76.6 Å². The Morgan fingerprint density at radius 1 is 0.788 bits per heavy atom. The summed E-state index contributed by atoms with van der Waals surface area (Å²) in [6.07, 6.45) is 9.44. The van der Waals surface area contributed by atoms with E-state index in [4.69, 9.17) is 14.2 Å². The number of benzene rings is 2. The maximum atomic E-state index is 14.6. The summed E-state index contributed by atoms with van der Waals surface area (Å²) in [6, 6.07) is 11.6. The Bertz CT molecular complexity index is 830. The van der Waals surface area contributed by atoms with Crippen LogP contribution in [0, 0.1) is 11.6 Å². The fourth-order valence-electron chi connectivity index (χ4n) is 4.14. The molecule has 0 spiro atoms. The lowest BCUT2D eigenvalue weighted by molar-refractivity contribution is -0.193. The molecule has 0 aliphatic carbocycles. The zero-order valence-corrected chi connectivity index (χ0v) is 20.1. The van der Waals surface area contributed by atoms with Gasteiger partial charge in [0.05, 0.1) is 19.8 Å². The van der Waals surface area contributed by atoms with Gasteiger partial charge in [0.2, 0.25) is 5.82 Å². The second kappa shape index (κ2) is 13.7. The minimum atomic E-state index is -0.983. The van der Waals surface area contributed by atoms with E-state index in [1.807, 2.05) is 0 Å². The van der Waals surface area contributed by atoms with Crippen LogP contribution in [0.2, 0.25) is 0 Å². The van der Waals surface area contributed by atoms with Crippen LogP contribution >= 0.6 is 0 Å². The van der Waals surface area contributed by atoms with E-state index in [2.05, 4.69) is 38.1 Å². The van der Waals surface area contributed by atoms with Crippen molar-refractivity contribution in [3.63, 3.8) is 0 Å². The zero-order valence-electron chi connectivity index (χ0n) is 20.1. The van der Waals surface area contributed by atoms with Gasteiger partial charge in [-0.15, -0.1) is 0 Å². The molecule has 0 unspecified atom stereocenters. The van der Waals surface area contributed by atoms with Crippen molar-refractivity contribution in [1.29, 1.82) is 0 Å². The molecular weight excluding hydrogens is 422 g/mol. The molecule has 0 amide bonds. The SMILES string of the molecule is CCCCCCCc1ccc(C2COC(c3ccc(OCCCCC)c(F)c3F)OC2)cc1. The summed E-state index contributed by atoms with van der Waals surface area (Å²) in [7, 11) is 0. The van der Waals surface area contributed by atoms with Gasteiger partial charge in [-0.3, -0.25) is 0 Å². The molecule has 182 valence electrons. The Kier molecular flexibility index (Phi) is 10.6. The summed E-state index contributed by atoms with van der Waals surface area (Å²) in [5, 5.41) is 0. The van der Waals surface area contributed by atoms with Crippen LogP contribution in [0.5, 0.6) is 5.75 Å². The first-order valence-electron chi connectivity index (χ1n) is 12.6. The van der Waals surface area contributed by atoms with Gasteiger partial charge in [0.25, 0.3) is 0 Å². The molecule has 0 atom stereocenters. The third kappa shape index (κ3) is 7.51. The summed E-state index contributed by atoms with van der Waals surface area (Å²) < 4.78 is 46.0. The molecule has 2 aromatic rings. The number of hydrogen-bond acceptors (Lipinski definition) is 3. The summed E-state index contributed by atoms with van der Waals surface area (Å²) >= 11 is 0. The van der Waals surface area contributed by atoms with E-state index in [1.54, 1.807) is 0 Å². The molecule has 0 N–H and O–H groups in total. The summed E-state index contributed by atoms with van der Waals surface area (Å²) in [6.45, 7) is 5.48. The maximum absolute atomic E-state index is 14.6. The van der Waals surface area contributed by atoms with Gasteiger partial charge in [0, 0.05) is 11.5 Å². The number of ether oxygens (including phenoxy) is 3. The van der Waals surface area contributed by atoms with Gasteiger partial charge in [-0.25, -0.2) is 4.39 Å². The van der Waals surface area contributed by atoms with Crippen molar-refractivity contribution in [2.45, 2.75) is 83.8 Å². The van der Waals surface area contributed by atoms with Crippen molar-refractivity contribution in [3.05, 3.63) is 64.7 Å². The molecule has 0 bridgehead atoms. The van der Waals surface area contributed by atoms with Crippen LogP contribution in [0.4, 0.5) is 8.78 Å². The molecule has 5 heteroatoms. The lowest BCUT2D eigenvalue weighted by atomic mass is 9.97. The topological polar surface area (TPSA) is 27.7 Å². The van der Waals surface area contributed by atoms with Crippen LogP contribution in [0.15, 0.2) is 36.4 Å². The number of rotatable bonds is 13. The first-order valence-corrected chi connectivity index (χ1v) is 12.6. The van der Waals surface area contributed by atoms with Crippen molar-refractivity contribution >= 4 is 0 Å². The quantitative estimate of drug-likeness (QED) is 0.285. The van der Waals surface area contributed by atoms with E-state index >= 15 is 0 Å². The Labute approximate surface area is 197 Å². The van der Waals surface area contributed by atoms with Crippen molar-refractivity contribution < 1.29 is 23.0 Å². The highest BCUT2D eigenvalue weighted by Crippen LogP contribution is 2.34. The highest BCUT2D eigenvalue weighted by atomic mass is 19.2. The zero-order chi connectivity index (χ0) is 23.5. The van der Waals surface area contributed by atoms with Gasteiger partial charge >= 0.3 is 0 Å². The third-order valence-electron chi connectivity index (χ3n) is 6.25. The maximum Gasteiger partial charge on any atom is 0.201 e. The predicted molar refractivity (Wildman–Crippen MR) is 128 cm³/mol. The molecule has 33 heavy (non-hydrogen) atoms. The first-order chi connectivity index (χ1) is 16.1. The van der Waals surface area contributed by atoms with Crippen LogP contribution in [0.3, 0.4) is 0 Å². The molecule has 1 aliphatic rings. The van der Waals surface area contributed by atoms with Gasteiger partial charge in [0.15, 0.2) is 17.9 Å². The summed E-state index contributed by atoms with van der Waals surface area (Å²) in [4.78, 5) is 0. The highest BCUT2D eigenvalue weighted by molar-refractivity contribution is 5.32. The van der Waals surface area contributed by atoms with Crippen molar-refractivity contribution in [1.82, 2.24) is 0 Å². The van der Waals surface area contributed by atoms with E-state index < -0.39 is 17.9 Å². The van der Waals surface area contributed by atoms with Gasteiger partial charge in [0.1, 0.15) is 0 Å². The molecular formula is C28H38F2O3. The van der Waals surface area contributed by atoms with Gasteiger partial charge < -0.3 is 14.2 Å². The number of aryl methyl sites for hydroxylation is 1. The lowest BCUT2D eigenvalue weighted by Gasteiger charge is -2.30. The fourth-order valence-corrected chi connectivity index (χ4v) is 4.14. The number of hydrogen-bond donors (Lipinski definition) is 0. The lowest BCUT2D eigenvalue weighted by Crippen LogP contribution is -2.26. The largest absolute Gasteiger partial charge is 0.490 e. The third-order valence-corrected chi connectivity index (χ3v) is 6.25. The van der Waals surface area contributed by atoms with Crippen LogP contribution in [-0.2, 0) is 15.9 Å². The van der Waals surface area contributed by atoms with Crippen LogP contribution in [0.25, 0.3) is 0 Å². The standard InChI is InChI=1S/C28H38F2O3/c1-3-5-7-8-9-11-21-12-14-22(15-13-21)23-19-32-28(33-20-23)24-16-17-25(27(30)26(24)29)31-18-10-6-4-2/h12-17,23,28H,3-11,18-20H2,1-2H3. The molecule has 1 heterocycles. The van der Waals surface area contributed by atoms with Crippen LogP contribution in [-0.4, -0.2) is 19.8 Å². The number of unbranched alkanes of at least 4 members (excludes halogenated alkanes) is 6. The van der Waals surface area contributed by atoms with Gasteiger partial charge in [-0.05, 0) is 42.5 Å². The molecule has 1 fully saturated rings. The average Bonchev–Trinajstić information content (AvgIpc) is 2.85. The van der Waals surface area contributed by atoms with Crippen molar-refractivity contribution in [2.24, 2.45) is 0 Å². The molecule has 0 radical (unpaired) electrons. The molecule has 1 aliphatic heterocycles. The van der Waals surface area contributed by atoms with Crippen LogP contribution in [0.1, 0.15) is 94.1 Å². The van der Waals surface area contributed by atoms with Crippen LogP contribution < -0.4 is 4.74 Å². The highest BCUT2D eigenvalue weighted by Gasteiger charge is 2.28. The number of halogens is 2.